The zero-order valence-corrected chi connectivity index (χ0v) is 14.1. The van der Waals surface area contributed by atoms with Gasteiger partial charge in [-0.05, 0) is 38.4 Å². The smallest absolute Gasteiger partial charge is 0.311 e. The minimum atomic E-state index is -0.894. The maximum absolute atomic E-state index is 12.6. The highest BCUT2D eigenvalue weighted by Crippen LogP contribution is 2.34. The number of carboxylic acid groups (broad SMARTS) is 1. The Balaban J connectivity index is 1.96. The first-order chi connectivity index (χ1) is 11.5. The van der Waals surface area contributed by atoms with Gasteiger partial charge >= 0.3 is 5.97 Å². The second-order valence-electron chi connectivity index (χ2n) is 6.49. The van der Waals surface area contributed by atoms with Crippen LogP contribution in [0.5, 0.6) is 0 Å². The van der Waals surface area contributed by atoms with E-state index in [0.29, 0.717) is 32.4 Å². The molecule has 1 fully saturated rings. The van der Waals surface area contributed by atoms with E-state index in [9.17, 15) is 14.7 Å². The van der Waals surface area contributed by atoms with Crippen LogP contribution in [0, 0.1) is 5.41 Å². The molecule has 1 aromatic rings. The highest BCUT2D eigenvalue weighted by molar-refractivity contribution is 5.81. The molecular weight excluding hydrogens is 306 g/mol. The van der Waals surface area contributed by atoms with Gasteiger partial charge in [0.2, 0.25) is 5.91 Å². The van der Waals surface area contributed by atoms with Crippen LogP contribution in [0.25, 0.3) is 0 Å². The van der Waals surface area contributed by atoms with Gasteiger partial charge in [-0.3, -0.25) is 19.5 Å². The SMILES string of the molecule is C=CCC1(C(=O)O)CCCN(C(=O)CN(C)Cc2ccccn2)C1. The monoisotopic (exact) mass is 331 g/mol. The normalized spacial score (nSPS) is 20.8. The molecule has 1 N–H and O–H groups in total. The lowest BCUT2D eigenvalue weighted by molar-refractivity contribution is -0.154. The van der Waals surface area contributed by atoms with Gasteiger partial charge in [0.25, 0.3) is 0 Å². The van der Waals surface area contributed by atoms with Crippen molar-refractivity contribution in [1.29, 1.82) is 0 Å². The molecule has 0 bridgehead atoms. The van der Waals surface area contributed by atoms with Crippen LogP contribution in [0.15, 0.2) is 37.1 Å². The molecule has 1 aliphatic heterocycles. The molecule has 1 atom stereocenters. The number of allylic oxidation sites excluding steroid dienone is 1. The molecule has 0 aliphatic carbocycles. The lowest BCUT2D eigenvalue weighted by Crippen LogP contribution is -2.51. The number of amides is 1. The predicted molar refractivity (Wildman–Crippen MR) is 91.3 cm³/mol. The van der Waals surface area contributed by atoms with Crippen molar-refractivity contribution in [3.05, 3.63) is 42.7 Å². The third kappa shape index (κ3) is 4.41. The lowest BCUT2D eigenvalue weighted by Gasteiger charge is -2.40. The number of aromatic nitrogens is 1. The minimum absolute atomic E-state index is 0.0391. The highest BCUT2D eigenvalue weighted by atomic mass is 16.4. The number of aliphatic carboxylic acids is 1. The first-order valence-electron chi connectivity index (χ1n) is 8.17. The molecule has 24 heavy (non-hydrogen) atoms. The van der Waals surface area contributed by atoms with Crippen LogP contribution in [-0.2, 0) is 16.1 Å². The van der Waals surface area contributed by atoms with E-state index in [-0.39, 0.29) is 19.0 Å². The molecule has 0 radical (unpaired) electrons. The number of carboxylic acids is 1. The summed E-state index contributed by atoms with van der Waals surface area (Å²) in [5, 5.41) is 9.59. The Bertz CT molecular complexity index is 590. The molecule has 1 unspecified atom stereocenters. The summed E-state index contributed by atoms with van der Waals surface area (Å²) in [6.45, 7) is 5.36. The van der Waals surface area contributed by atoms with Crippen LogP contribution in [0.4, 0.5) is 0 Å². The Morgan fingerprint density at radius 2 is 2.29 bits per heavy atom. The van der Waals surface area contributed by atoms with E-state index in [2.05, 4.69) is 11.6 Å². The van der Waals surface area contributed by atoms with Gasteiger partial charge in [0.1, 0.15) is 0 Å². The van der Waals surface area contributed by atoms with E-state index < -0.39 is 11.4 Å². The molecule has 6 nitrogen and oxygen atoms in total. The fourth-order valence-electron chi connectivity index (χ4n) is 3.20. The summed E-state index contributed by atoms with van der Waals surface area (Å²) in [6.07, 6.45) is 5.04. The van der Waals surface area contributed by atoms with Crippen molar-refractivity contribution in [3.8, 4) is 0 Å². The molecule has 0 spiro atoms. The summed E-state index contributed by atoms with van der Waals surface area (Å²) in [6, 6.07) is 5.69. The second kappa shape index (κ2) is 8.06. The molecule has 2 rings (SSSR count). The van der Waals surface area contributed by atoms with Crippen molar-refractivity contribution in [3.63, 3.8) is 0 Å². The van der Waals surface area contributed by atoms with Crippen molar-refractivity contribution >= 4 is 11.9 Å². The first-order valence-corrected chi connectivity index (χ1v) is 8.17. The Morgan fingerprint density at radius 1 is 1.50 bits per heavy atom. The van der Waals surface area contributed by atoms with E-state index in [1.165, 1.54) is 0 Å². The van der Waals surface area contributed by atoms with Gasteiger partial charge in [0.15, 0.2) is 0 Å². The van der Waals surface area contributed by atoms with Gasteiger partial charge in [-0.15, -0.1) is 6.58 Å². The van der Waals surface area contributed by atoms with Crippen LogP contribution in [0.3, 0.4) is 0 Å². The summed E-state index contributed by atoms with van der Waals surface area (Å²) in [5.41, 5.74) is 0.00728. The average molecular weight is 331 g/mol. The van der Waals surface area contributed by atoms with E-state index in [4.69, 9.17) is 0 Å². The molecular formula is C18H25N3O3. The van der Waals surface area contributed by atoms with Crippen LogP contribution in [-0.4, -0.2) is 58.4 Å². The third-order valence-corrected chi connectivity index (χ3v) is 4.48. The van der Waals surface area contributed by atoms with Gasteiger partial charge in [-0.2, -0.15) is 0 Å². The largest absolute Gasteiger partial charge is 0.481 e. The van der Waals surface area contributed by atoms with Crippen molar-refractivity contribution in [2.24, 2.45) is 5.41 Å². The zero-order valence-electron chi connectivity index (χ0n) is 14.1. The van der Waals surface area contributed by atoms with E-state index in [0.717, 1.165) is 5.69 Å². The molecule has 1 aliphatic rings. The van der Waals surface area contributed by atoms with Gasteiger partial charge in [0, 0.05) is 25.8 Å². The van der Waals surface area contributed by atoms with Gasteiger partial charge in [-0.25, -0.2) is 0 Å². The third-order valence-electron chi connectivity index (χ3n) is 4.48. The molecule has 1 amide bonds. The van der Waals surface area contributed by atoms with Gasteiger partial charge < -0.3 is 10.0 Å². The quantitative estimate of drug-likeness (QED) is 0.771. The number of pyridine rings is 1. The molecule has 6 heteroatoms. The Morgan fingerprint density at radius 3 is 2.92 bits per heavy atom. The second-order valence-corrected chi connectivity index (χ2v) is 6.49. The number of carbonyl (C=O) groups is 2. The predicted octanol–water partition coefficient (Wildman–Crippen LogP) is 1.78. The fraction of sp³-hybridized carbons (Fsp3) is 0.500. The number of rotatable bonds is 7. The maximum Gasteiger partial charge on any atom is 0.311 e. The Hall–Kier alpha value is -2.21. The number of nitrogens with zero attached hydrogens (tertiary/aromatic N) is 3. The molecule has 130 valence electrons. The summed E-state index contributed by atoms with van der Waals surface area (Å²) in [5.74, 6) is -0.885. The first kappa shape index (κ1) is 18.1. The Labute approximate surface area is 142 Å². The van der Waals surface area contributed by atoms with E-state index in [1.54, 1.807) is 17.2 Å². The maximum atomic E-state index is 12.6. The minimum Gasteiger partial charge on any atom is -0.481 e. The Kier molecular flexibility index (Phi) is 6.09. The number of piperidine rings is 1. The van der Waals surface area contributed by atoms with Crippen LogP contribution in [0.2, 0.25) is 0 Å². The van der Waals surface area contributed by atoms with Gasteiger partial charge in [-0.1, -0.05) is 12.1 Å². The molecule has 1 aromatic heterocycles. The van der Waals surface area contributed by atoms with Crippen LogP contribution in [0.1, 0.15) is 25.0 Å². The highest BCUT2D eigenvalue weighted by Gasteiger charge is 2.42. The zero-order chi connectivity index (χ0) is 17.6. The van der Waals surface area contributed by atoms with E-state index in [1.807, 2.05) is 30.1 Å². The molecule has 0 saturated carbocycles. The van der Waals surface area contributed by atoms with Crippen molar-refractivity contribution in [1.82, 2.24) is 14.8 Å². The topological polar surface area (TPSA) is 73.7 Å². The number of hydrogen-bond acceptors (Lipinski definition) is 4. The number of likely N-dealkylation sites (N-methyl/N-ethyl adjacent to an activating group) is 1. The van der Waals surface area contributed by atoms with Crippen LogP contribution >= 0.6 is 0 Å². The molecule has 2 heterocycles. The summed E-state index contributed by atoms with van der Waals surface area (Å²) in [7, 11) is 1.87. The number of carbonyl (C=O) groups excluding carboxylic acids is 1. The van der Waals surface area contributed by atoms with Crippen molar-refractivity contribution in [2.75, 3.05) is 26.7 Å². The van der Waals surface area contributed by atoms with E-state index >= 15 is 0 Å². The average Bonchev–Trinajstić information content (AvgIpc) is 2.56. The summed E-state index contributed by atoms with van der Waals surface area (Å²) in [4.78, 5) is 32.1. The van der Waals surface area contributed by atoms with Crippen LogP contribution < -0.4 is 0 Å². The standard InChI is InChI=1S/C18H25N3O3/c1-3-8-18(17(23)24)9-6-11-21(14-18)16(22)13-20(2)12-15-7-4-5-10-19-15/h3-5,7,10H,1,6,8-9,11-14H2,2H3,(H,23,24). The number of hydrogen-bond donors (Lipinski definition) is 1. The molecule has 0 aromatic carbocycles. The van der Waals surface area contributed by atoms with Crippen molar-refractivity contribution < 1.29 is 14.7 Å². The summed E-state index contributed by atoms with van der Waals surface area (Å²) >= 11 is 0. The molecule has 1 saturated heterocycles. The fourth-order valence-corrected chi connectivity index (χ4v) is 3.20. The van der Waals surface area contributed by atoms with Gasteiger partial charge in [0.05, 0.1) is 17.7 Å². The number of likely N-dealkylation sites (tertiary alicyclic amines) is 1. The lowest BCUT2D eigenvalue weighted by atomic mass is 9.77. The van der Waals surface area contributed by atoms with Crippen molar-refractivity contribution in [2.45, 2.75) is 25.8 Å². The summed E-state index contributed by atoms with van der Waals surface area (Å²) < 4.78 is 0.